The highest BCUT2D eigenvalue weighted by Crippen LogP contribution is 2.35. The summed E-state index contributed by atoms with van der Waals surface area (Å²) in [5.74, 6) is 0.979. The summed E-state index contributed by atoms with van der Waals surface area (Å²) in [5.41, 5.74) is 8.45. The van der Waals surface area contributed by atoms with E-state index >= 15 is 0 Å². The molecule has 0 unspecified atom stereocenters. The Morgan fingerprint density at radius 1 is 1.29 bits per heavy atom. The van der Waals surface area contributed by atoms with Crippen molar-refractivity contribution in [2.24, 2.45) is 0 Å². The minimum absolute atomic E-state index is 0.0933. The van der Waals surface area contributed by atoms with Crippen LogP contribution in [0.25, 0.3) is 10.2 Å². The number of anilines is 1. The van der Waals surface area contributed by atoms with Gasteiger partial charge < -0.3 is 10.6 Å². The molecule has 2 aromatic rings. The molecule has 8 heteroatoms. The van der Waals surface area contributed by atoms with Crippen LogP contribution in [-0.4, -0.2) is 49.8 Å². The fourth-order valence-corrected chi connectivity index (χ4v) is 4.50. The summed E-state index contributed by atoms with van der Waals surface area (Å²) in [6.07, 6.45) is 0. The third-order valence-electron chi connectivity index (χ3n) is 3.79. The van der Waals surface area contributed by atoms with Gasteiger partial charge in [-0.2, -0.15) is 5.10 Å². The number of rotatable bonds is 1. The number of fused-ring (bicyclic) bond motifs is 1. The van der Waals surface area contributed by atoms with E-state index in [0.29, 0.717) is 40.0 Å². The van der Waals surface area contributed by atoms with Crippen LogP contribution in [0, 0.1) is 13.8 Å². The molecule has 1 aliphatic rings. The van der Waals surface area contributed by atoms with Crippen molar-refractivity contribution >= 4 is 43.9 Å². The van der Waals surface area contributed by atoms with E-state index in [-0.39, 0.29) is 5.91 Å². The zero-order chi connectivity index (χ0) is 15.1. The Labute approximate surface area is 128 Å². The molecule has 3 heterocycles. The number of nitrogen functional groups attached to an aromatic ring is 1. The molecule has 21 heavy (non-hydrogen) atoms. The van der Waals surface area contributed by atoms with Gasteiger partial charge in [0.05, 0.1) is 11.4 Å². The molecule has 0 aromatic carbocycles. The van der Waals surface area contributed by atoms with Crippen molar-refractivity contribution in [1.29, 1.82) is 0 Å². The van der Waals surface area contributed by atoms with Crippen molar-refractivity contribution < 1.29 is 9.00 Å². The highest BCUT2D eigenvalue weighted by Gasteiger charge is 2.26. The highest BCUT2D eigenvalue weighted by molar-refractivity contribution is 7.85. The van der Waals surface area contributed by atoms with Crippen molar-refractivity contribution in [3.8, 4) is 0 Å². The fourth-order valence-electron chi connectivity index (χ4n) is 2.38. The first-order chi connectivity index (χ1) is 9.99. The predicted octanol–water partition coefficient (Wildman–Crippen LogP) is 1.09. The Hall–Kier alpha value is -1.54. The number of thiophene rings is 1. The van der Waals surface area contributed by atoms with Crippen LogP contribution < -0.4 is 5.73 Å². The third-order valence-corrected chi connectivity index (χ3v) is 6.15. The van der Waals surface area contributed by atoms with E-state index in [1.54, 1.807) is 4.90 Å². The lowest BCUT2D eigenvalue weighted by atomic mass is 10.1. The minimum Gasteiger partial charge on any atom is -0.397 e. The van der Waals surface area contributed by atoms with Crippen LogP contribution in [0.3, 0.4) is 0 Å². The normalized spacial score (nSPS) is 16.6. The first kappa shape index (κ1) is 14.4. The number of aryl methyl sites for hydroxylation is 2. The van der Waals surface area contributed by atoms with Crippen LogP contribution in [0.1, 0.15) is 20.9 Å². The van der Waals surface area contributed by atoms with E-state index in [4.69, 9.17) is 5.73 Å². The van der Waals surface area contributed by atoms with E-state index < -0.39 is 10.8 Å². The molecule has 1 saturated heterocycles. The average molecular weight is 324 g/mol. The maximum absolute atomic E-state index is 12.6. The van der Waals surface area contributed by atoms with E-state index in [1.165, 1.54) is 11.3 Å². The number of nitrogens with two attached hydrogens (primary N) is 1. The van der Waals surface area contributed by atoms with Gasteiger partial charge in [0.25, 0.3) is 5.91 Å². The molecular formula is C13H16N4O2S2. The van der Waals surface area contributed by atoms with Crippen LogP contribution >= 0.6 is 11.3 Å². The molecule has 3 rings (SSSR count). The topological polar surface area (TPSA) is 89.2 Å². The molecule has 2 N–H and O–H groups in total. The second-order valence-electron chi connectivity index (χ2n) is 5.08. The first-order valence-electron chi connectivity index (χ1n) is 6.65. The van der Waals surface area contributed by atoms with Crippen LogP contribution in [0.2, 0.25) is 0 Å². The van der Waals surface area contributed by atoms with Crippen LogP contribution in [0.5, 0.6) is 0 Å². The lowest BCUT2D eigenvalue weighted by molar-refractivity contribution is 0.0777. The monoisotopic (exact) mass is 324 g/mol. The highest BCUT2D eigenvalue weighted by atomic mass is 32.2. The Kier molecular flexibility index (Phi) is 3.66. The third kappa shape index (κ3) is 2.42. The smallest absolute Gasteiger partial charge is 0.266 e. The summed E-state index contributed by atoms with van der Waals surface area (Å²) in [4.78, 5) is 15.5. The second kappa shape index (κ2) is 5.34. The molecule has 1 amide bonds. The minimum atomic E-state index is -0.805. The van der Waals surface area contributed by atoms with Crippen molar-refractivity contribution in [3.63, 3.8) is 0 Å². The van der Waals surface area contributed by atoms with Gasteiger partial charge in [-0.1, -0.05) is 0 Å². The first-order valence-corrected chi connectivity index (χ1v) is 8.95. The van der Waals surface area contributed by atoms with Gasteiger partial charge >= 0.3 is 0 Å². The maximum Gasteiger partial charge on any atom is 0.266 e. The number of aromatic nitrogens is 2. The molecular weight excluding hydrogens is 308 g/mol. The van der Waals surface area contributed by atoms with Gasteiger partial charge in [0.1, 0.15) is 9.71 Å². The van der Waals surface area contributed by atoms with E-state index in [1.807, 2.05) is 13.8 Å². The summed E-state index contributed by atoms with van der Waals surface area (Å²) >= 11 is 1.28. The summed E-state index contributed by atoms with van der Waals surface area (Å²) in [5, 5.41) is 9.04. The average Bonchev–Trinajstić information content (AvgIpc) is 2.81. The van der Waals surface area contributed by atoms with Crippen molar-refractivity contribution in [3.05, 3.63) is 16.1 Å². The van der Waals surface area contributed by atoms with Gasteiger partial charge in [0, 0.05) is 40.8 Å². The molecule has 0 bridgehead atoms. The zero-order valence-electron chi connectivity index (χ0n) is 11.9. The van der Waals surface area contributed by atoms with Gasteiger partial charge in [-0.05, 0) is 19.4 Å². The lowest BCUT2D eigenvalue weighted by Crippen LogP contribution is -2.41. The van der Waals surface area contributed by atoms with Crippen molar-refractivity contribution in [2.45, 2.75) is 13.8 Å². The summed E-state index contributed by atoms with van der Waals surface area (Å²) in [7, 11) is -0.805. The van der Waals surface area contributed by atoms with E-state index in [9.17, 15) is 9.00 Å². The molecule has 1 aliphatic heterocycles. The van der Waals surface area contributed by atoms with E-state index in [2.05, 4.69) is 10.2 Å². The maximum atomic E-state index is 12.6. The predicted molar refractivity (Wildman–Crippen MR) is 85.1 cm³/mol. The molecule has 6 nitrogen and oxygen atoms in total. The van der Waals surface area contributed by atoms with Crippen molar-refractivity contribution in [1.82, 2.24) is 15.1 Å². The number of hydrogen-bond acceptors (Lipinski definition) is 6. The van der Waals surface area contributed by atoms with Gasteiger partial charge in [-0.3, -0.25) is 9.00 Å². The Bertz CT molecular complexity index is 746. The summed E-state index contributed by atoms with van der Waals surface area (Å²) in [6, 6.07) is 0. The van der Waals surface area contributed by atoms with Gasteiger partial charge in [0.2, 0.25) is 0 Å². The van der Waals surface area contributed by atoms with Crippen molar-refractivity contribution in [2.75, 3.05) is 30.3 Å². The van der Waals surface area contributed by atoms with Crippen LogP contribution in [0.4, 0.5) is 5.69 Å². The molecule has 112 valence electrons. The van der Waals surface area contributed by atoms with Gasteiger partial charge in [-0.25, -0.2) is 0 Å². The van der Waals surface area contributed by atoms with Crippen LogP contribution in [0.15, 0.2) is 0 Å². The molecule has 0 atom stereocenters. The number of nitrogens with zero attached hydrogens (tertiary/aromatic N) is 3. The Morgan fingerprint density at radius 3 is 2.62 bits per heavy atom. The molecule has 0 aliphatic carbocycles. The molecule has 0 spiro atoms. The fraction of sp³-hybridized carbons (Fsp3) is 0.462. The number of hydrogen-bond donors (Lipinski definition) is 1. The zero-order valence-corrected chi connectivity index (χ0v) is 13.5. The molecule has 0 radical (unpaired) electrons. The quantitative estimate of drug-likeness (QED) is 0.848. The standard InChI is InChI=1S/C13H16N4O2S2/c1-7-8(2)15-16-12-9(7)10(14)11(20-12)13(18)17-3-5-21(19)6-4-17/h3-6,14H2,1-2H3. The molecule has 1 fully saturated rings. The number of carbonyl (C=O) groups is 1. The summed E-state index contributed by atoms with van der Waals surface area (Å²) < 4.78 is 11.4. The van der Waals surface area contributed by atoms with Gasteiger partial charge in [0.15, 0.2) is 0 Å². The van der Waals surface area contributed by atoms with E-state index in [0.717, 1.165) is 16.6 Å². The Morgan fingerprint density at radius 2 is 1.95 bits per heavy atom. The largest absolute Gasteiger partial charge is 0.397 e. The van der Waals surface area contributed by atoms with Crippen LogP contribution in [-0.2, 0) is 10.8 Å². The lowest BCUT2D eigenvalue weighted by Gasteiger charge is -2.25. The SMILES string of the molecule is Cc1nnc2sc(C(=O)N3CCS(=O)CC3)c(N)c2c1C. The van der Waals surface area contributed by atoms with Gasteiger partial charge in [-0.15, -0.1) is 16.4 Å². The Balaban J connectivity index is 2.01. The second-order valence-corrected chi connectivity index (χ2v) is 7.77. The molecule has 0 saturated carbocycles. The number of carbonyl (C=O) groups excluding carboxylic acids is 1. The molecule has 2 aromatic heterocycles. The summed E-state index contributed by atoms with van der Waals surface area (Å²) in [6.45, 7) is 4.85. The number of amides is 1.